The number of thioether (sulfide) groups is 1. The molecule has 136 valence electrons. The van der Waals surface area contributed by atoms with Crippen LogP contribution in [0.4, 0.5) is 22.0 Å². The third-order valence-electron chi connectivity index (χ3n) is 3.66. The average molecular weight is 388 g/mol. The molecule has 4 nitrogen and oxygen atoms in total. The minimum absolute atomic E-state index is 0.0220. The van der Waals surface area contributed by atoms with E-state index in [1.165, 1.54) is 18.3 Å². The van der Waals surface area contributed by atoms with Crippen LogP contribution in [0.25, 0.3) is 0 Å². The first-order valence-corrected chi connectivity index (χ1v) is 7.94. The maximum absolute atomic E-state index is 13.9. The Balaban J connectivity index is 2.05. The summed E-state index contributed by atoms with van der Waals surface area (Å²) < 4.78 is 71.4. The Morgan fingerprint density at radius 2 is 2.04 bits per heavy atom. The number of halogens is 5. The van der Waals surface area contributed by atoms with Crippen LogP contribution in [0.1, 0.15) is 22.9 Å². The Morgan fingerprint density at radius 1 is 1.31 bits per heavy atom. The van der Waals surface area contributed by atoms with Crippen LogP contribution in [0.15, 0.2) is 35.4 Å². The number of benzene rings is 1. The van der Waals surface area contributed by atoms with Gasteiger partial charge in [0.1, 0.15) is 29.4 Å². The summed E-state index contributed by atoms with van der Waals surface area (Å²) >= 11 is -0.570. The van der Waals surface area contributed by atoms with E-state index in [1.807, 2.05) is 0 Å². The average Bonchev–Trinajstić information content (AvgIpc) is 2.79. The van der Waals surface area contributed by atoms with Crippen LogP contribution in [0, 0.1) is 11.3 Å². The van der Waals surface area contributed by atoms with Crippen molar-refractivity contribution < 1.29 is 31.8 Å². The zero-order chi connectivity index (χ0) is 19.1. The minimum atomic E-state index is -4.69. The Morgan fingerprint density at radius 3 is 2.69 bits per heavy atom. The third-order valence-corrected chi connectivity index (χ3v) is 4.47. The summed E-state index contributed by atoms with van der Waals surface area (Å²) in [6.07, 6.45) is -2.05. The molecule has 0 bridgehead atoms. The summed E-state index contributed by atoms with van der Waals surface area (Å²) in [4.78, 5) is 3.23. The number of ether oxygens (including phenoxy) is 1. The Bertz CT molecular complexity index is 895. The van der Waals surface area contributed by atoms with Gasteiger partial charge in [0.25, 0.3) is 5.92 Å². The molecule has 1 aliphatic carbocycles. The van der Waals surface area contributed by atoms with Gasteiger partial charge in [-0.25, -0.2) is 13.8 Å². The van der Waals surface area contributed by atoms with Crippen molar-refractivity contribution >= 4 is 11.8 Å². The van der Waals surface area contributed by atoms with E-state index in [4.69, 9.17) is 10.00 Å². The largest absolute Gasteiger partial charge is 0.457 e. The number of rotatable bonds is 3. The quantitative estimate of drug-likeness (QED) is 0.616. The molecule has 2 aromatic rings. The second-order valence-electron chi connectivity index (χ2n) is 5.43. The number of fused-ring (bicyclic) bond motifs is 1. The van der Waals surface area contributed by atoms with Gasteiger partial charge < -0.3 is 9.84 Å². The molecule has 0 aliphatic heterocycles. The molecule has 1 aliphatic rings. The van der Waals surface area contributed by atoms with Crippen molar-refractivity contribution in [2.45, 2.75) is 28.9 Å². The summed E-state index contributed by atoms with van der Waals surface area (Å²) in [6.45, 7) is 0. The Kier molecular flexibility index (Phi) is 4.54. The van der Waals surface area contributed by atoms with Crippen LogP contribution < -0.4 is 4.74 Å². The molecule has 3 rings (SSSR count). The van der Waals surface area contributed by atoms with Crippen molar-refractivity contribution in [1.29, 1.82) is 5.26 Å². The number of alkyl halides is 5. The maximum Gasteiger partial charge on any atom is 0.446 e. The molecule has 1 unspecified atom stereocenters. The number of nitriles is 1. The van der Waals surface area contributed by atoms with Gasteiger partial charge in [0.15, 0.2) is 0 Å². The second kappa shape index (κ2) is 6.41. The molecule has 26 heavy (non-hydrogen) atoms. The van der Waals surface area contributed by atoms with Crippen molar-refractivity contribution in [2.24, 2.45) is 0 Å². The minimum Gasteiger partial charge on any atom is -0.457 e. The first-order valence-electron chi connectivity index (χ1n) is 7.12. The standard InChI is InChI=1S/C16H9F5N2O2S/c17-15(18)6-10-11(25-9-3-4-23-8(5-9)7-22)1-2-12(13(10)14(15)24)26-16(19,20)21/h1-5,14,24H,6H2. The predicted molar refractivity (Wildman–Crippen MR) is 81.0 cm³/mol. The number of aliphatic hydroxyl groups excluding tert-OH is 1. The SMILES string of the molecule is N#Cc1cc(Oc2ccc(SC(F)(F)F)c3c2CC(F)(F)C3O)ccn1. The van der Waals surface area contributed by atoms with Crippen LogP contribution in [0.3, 0.4) is 0 Å². The first kappa shape index (κ1) is 18.4. The van der Waals surface area contributed by atoms with Crippen molar-refractivity contribution in [3.63, 3.8) is 0 Å². The fraction of sp³-hybridized carbons (Fsp3) is 0.250. The van der Waals surface area contributed by atoms with Crippen molar-refractivity contribution in [3.05, 3.63) is 47.3 Å². The molecule has 10 heteroatoms. The molecule has 0 saturated heterocycles. The van der Waals surface area contributed by atoms with E-state index >= 15 is 0 Å². The van der Waals surface area contributed by atoms with E-state index in [9.17, 15) is 27.1 Å². The topological polar surface area (TPSA) is 66.1 Å². The van der Waals surface area contributed by atoms with Gasteiger partial charge in [-0.3, -0.25) is 0 Å². The van der Waals surface area contributed by atoms with E-state index in [2.05, 4.69) is 4.98 Å². The Hall–Kier alpha value is -2.38. The summed E-state index contributed by atoms with van der Waals surface area (Å²) in [6, 6.07) is 6.52. The zero-order valence-corrected chi connectivity index (χ0v) is 13.5. The van der Waals surface area contributed by atoms with Gasteiger partial charge in [-0.15, -0.1) is 0 Å². The molecular weight excluding hydrogens is 379 g/mol. The lowest BCUT2D eigenvalue weighted by atomic mass is 10.1. The van der Waals surface area contributed by atoms with Gasteiger partial charge in [0, 0.05) is 34.7 Å². The molecule has 0 fully saturated rings. The molecule has 1 aromatic carbocycles. The summed E-state index contributed by atoms with van der Waals surface area (Å²) in [5, 5.41) is 18.6. The van der Waals surface area contributed by atoms with Crippen LogP contribution in [-0.4, -0.2) is 21.5 Å². The molecule has 0 amide bonds. The number of hydrogen-bond donors (Lipinski definition) is 1. The highest BCUT2D eigenvalue weighted by Crippen LogP contribution is 2.52. The van der Waals surface area contributed by atoms with Gasteiger partial charge >= 0.3 is 5.51 Å². The number of nitrogens with zero attached hydrogens (tertiary/aromatic N) is 2. The molecule has 0 radical (unpaired) electrons. The highest BCUT2D eigenvalue weighted by Gasteiger charge is 2.50. The maximum atomic E-state index is 13.9. The monoisotopic (exact) mass is 388 g/mol. The van der Waals surface area contributed by atoms with Gasteiger partial charge in [0.05, 0.1) is 0 Å². The predicted octanol–water partition coefficient (Wildman–Crippen LogP) is 4.58. The van der Waals surface area contributed by atoms with Gasteiger partial charge in [0.2, 0.25) is 0 Å². The molecule has 1 aromatic heterocycles. The van der Waals surface area contributed by atoms with Crippen LogP contribution in [0.2, 0.25) is 0 Å². The summed E-state index contributed by atoms with van der Waals surface area (Å²) in [5.74, 6) is -3.61. The van der Waals surface area contributed by atoms with Crippen LogP contribution in [0.5, 0.6) is 11.5 Å². The fourth-order valence-corrected chi connectivity index (χ4v) is 3.35. The molecule has 1 heterocycles. The summed E-state index contributed by atoms with van der Waals surface area (Å²) in [5.41, 5.74) is -5.37. The zero-order valence-electron chi connectivity index (χ0n) is 12.7. The fourth-order valence-electron chi connectivity index (χ4n) is 2.62. The highest BCUT2D eigenvalue weighted by molar-refractivity contribution is 8.00. The number of aliphatic hydroxyl groups is 1. The van der Waals surface area contributed by atoms with Gasteiger partial charge in [-0.2, -0.15) is 18.4 Å². The summed E-state index contributed by atoms with van der Waals surface area (Å²) in [7, 11) is 0. The number of hydrogen-bond acceptors (Lipinski definition) is 5. The molecular formula is C16H9F5N2O2S. The van der Waals surface area contributed by atoms with Crippen molar-refractivity contribution in [3.8, 4) is 17.6 Å². The van der Waals surface area contributed by atoms with Crippen LogP contribution in [-0.2, 0) is 6.42 Å². The molecule has 0 saturated carbocycles. The lowest BCUT2D eigenvalue weighted by Gasteiger charge is -2.17. The van der Waals surface area contributed by atoms with E-state index in [0.717, 1.165) is 12.1 Å². The lowest BCUT2D eigenvalue weighted by Crippen LogP contribution is -2.21. The van der Waals surface area contributed by atoms with Crippen molar-refractivity contribution in [2.75, 3.05) is 0 Å². The molecule has 1 N–H and O–H groups in total. The first-order chi connectivity index (χ1) is 12.1. The van der Waals surface area contributed by atoms with Crippen LogP contribution >= 0.6 is 11.8 Å². The molecule has 1 atom stereocenters. The third kappa shape index (κ3) is 3.59. The van der Waals surface area contributed by atoms with E-state index in [-0.39, 0.29) is 22.8 Å². The van der Waals surface area contributed by atoms with E-state index < -0.39 is 46.2 Å². The van der Waals surface area contributed by atoms with E-state index in [1.54, 1.807) is 6.07 Å². The highest BCUT2D eigenvalue weighted by atomic mass is 32.2. The van der Waals surface area contributed by atoms with Gasteiger partial charge in [-0.05, 0) is 30.0 Å². The second-order valence-corrected chi connectivity index (χ2v) is 6.54. The normalized spacial score (nSPS) is 18.3. The lowest BCUT2D eigenvalue weighted by molar-refractivity contribution is -0.0977. The van der Waals surface area contributed by atoms with E-state index in [0.29, 0.717) is 0 Å². The number of pyridine rings is 1. The smallest absolute Gasteiger partial charge is 0.446 e. The molecule has 0 spiro atoms. The number of aromatic nitrogens is 1. The van der Waals surface area contributed by atoms with Crippen molar-refractivity contribution in [1.82, 2.24) is 4.98 Å². The van der Waals surface area contributed by atoms with Gasteiger partial charge in [-0.1, -0.05) is 0 Å². The Labute approximate surface area is 148 Å².